The van der Waals surface area contributed by atoms with Gasteiger partial charge in [0.05, 0.1) is 19.8 Å². The first-order chi connectivity index (χ1) is 17.0. The van der Waals surface area contributed by atoms with E-state index in [9.17, 15) is 14.4 Å². The summed E-state index contributed by atoms with van der Waals surface area (Å²) in [7, 11) is 3.48. The van der Waals surface area contributed by atoms with E-state index in [4.69, 9.17) is 4.74 Å². The van der Waals surface area contributed by atoms with Crippen molar-refractivity contribution in [1.82, 2.24) is 9.88 Å². The number of amides is 2. The Bertz CT molecular complexity index is 1220. The van der Waals surface area contributed by atoms with Gasteiger partial charge in [0.1, 0.15) is 17.5 Å². The van der Waals surface area contributed by atoms with Gasteiger partial charge in [-0.15, -0.1) is 0 Å². The zero-order chi connectivity index (χ0) is 26.5. The Hall–Kier alpha value is -3.85. The maximum Gasteiger partial charge on any atom is 0.356 e. The highest BCUT2D eigenvalue weighted by atomic mass is 32.3. The number of pyridine rings is 1. The molecule has 9 heteroatoms. The van der Waals surface area contributed by atoms with Crippen molar-refractivity contribution in [3.05, 3.63) is 83.7 Å². The number of benzene rings is 2. The molecule has 0 fully saturated rings. The summed E-state index contributed by atoms with van der Waals surface area (Å²) < 4.78 is 9.89. The van der Waals surface area contributed by atoms with Gasteiger partial charge < -0.3 is 19.7 Å². The molecule has 0 saturated carbocycles. The Morgan fingerprint density at radius 2 is 1.56 bits per heavy atom. The molecule has 3 aromatic rings. The number of carbonyl (C=O) groups excluding carboxylic acids is 3. The van der Waals surface area contributed by atoms with Crippen LogP contribution in [0, 0.1) is 0 Å². The first-order valence-corrected chi connectivity index (χ1v) is 14.0. The monoisotopic (exact) mass is 509 g/mol. The van der Waals surface area contributed by atoms with Gasteiger partial charge in [-0.25, -0.2) is 19.8 Å². The number of nitrogens with zero attached hydrogens (tertiary/aromatic N) is 2. The van der Waals surface area contributed by atoms with Crippen LogP contribution in [0.3, 0.4) is 0 Å². The minimum atomic E-state index is -0.934. The Balaban J connectivity index is 1.90. The van der Waals surface area contributed by atoms with E-state index < -0.39 is 27.9 Å². The van der Waals surface area contributed by atoms with Gasteiger partial charge in [0.25, 0.3) is 11.8 Å². The Labute approximate surface area is 212 Å². The molecule has 2 amide bonds. The van der Waals surface area contributed by atoms with E-state index in [0.29, 0.717) is 17.0 Å². The number of hydrogen-bond acceptors (Lipinski definition) is 6. The number of ether oxygens (including phenoxy) is 2. The smallest absolute Gasteiger partial charge is 0.356 e. The van der Waals surface area contributed by atoms with Gasteiger partial charge in [-0.05, 0) is 77.8 Å². The van der Waals surface area contributed by atoms with Crippen LogP contribution in [-0.2, 0) is 9.53 Å². The molecule has 0 bridgehead atoms. The van der Waals surface area contributed by atoms with Crippen LogP contribution in [0.2, 0.25) is 0 Å². The molecule has 1 aromatic heterocycles. The normalized spacial score (nSPS) is 12.3. The molecule has 1 atom stereocenters. The maximum absolute atomic E-state index is 13.5. The summed E-state index contributed by atoms with van der Waals surface area (Å²) in [5.41, 5.74) is 1.56. The fourth-order valence-electron chi connectivity index (χ4n) is 3.56. The van der Waals surface area contributed by atoms with Crippen LogP contribution in [-0.4, -0.2) is 67.7 Å². The lowest BCUT2D eigenvalue weighted by atomic mass is 10.0. The summed E-state index contributed by atoms with van der Waals surface area (Å²) in [5.74, 6) is -0.765. The van der Waals surface area contributed by atoms with Crippen LogP contribution in [0.15, 0.2) is 71.8 Å². The predicted octanol–water partition coefficient (Wildman–Crippen LogP) is 4.38. The van der Waals surface area contributed by atoms with Gasteiger partial charge in [-0.3, -0.25) is 9.59 Å². The van der Waals surface area contributed by atoms with Crippen LogP contribution < -0.4 is 10.1 Å². The third-order valence-corrected chi connectivity index (χ3v) is 7.31. The highest BCUT2D eigenvalue weighted by molar-refractivity contribution is 8.32. The first-order valence-electron chi connectivity index (χ1n) is 11.1. The topological polar surface area (TPSA) is 97.8 Å². The Morgan fingerprint density at radius 1 is 0.917 bits per heavy atom. The van der Waals surface area contributed by atoms with Crippen molar-refractivity contribution in [1.29, 1.82) is 0 Å². The second-order valence-corrected chi connectivity index (χ2v) is 13.0. The number of methoxy groups -OCH3 is 2. The van der Waals surface area contributed by atoms with E-state index >= 15 is 0 Å². The Kier molecular flexibility index (Phi) is 8.37. The molecule has 1 heterocycles. The molecule has 36 heavy (non-hydrogen) atoms. The lowest BCUT2D eigenvalue weighted by Gasteiger charge is -2.28. The molecule has 0 saturated heterocycles. The van der Waals surface area contributed by atoms with Crippen molar-refractivity contribution in [2.24, 2.45) is 0 Å². The predicted molar refractivity (Wildman–Crippen MR) is 142 cm³/mol. The van der Waals surface area contributed by atoms with Crippen LogP contribution in [0.25, 0.3) is 0 Å². The number of likely N-dealkylation sites (N-methyl/N-ethyl adjacent to an activating group) is 1. The molecule has 8 nitrogen and oxygen atoms in total. The zero-order valence-electron chi connectivity index (χ0n) is 21.3. The van der Waals surface area contributed by atoms with E-state index in [0.717, 1.165) is 0 Å². The first kappa shape index (κ1) is 26.7. The minimum Gasteiger partial charge on any atom is -0.497 e. The lowest BCUT2D eigenvalue weighted by molar-refractivity contribution is -0.120. The second kappa shape index (κ2) is 11.3. The molecule has 0 spiro atoms. The SMILES string of the molecule is COC(=O)c1ccc(C(=O)N(C)C(C(=O)Nc2ccc(S(C)(C)C)cc2)c2ccc(OC)cc2)cn1. The number of carbonyl (C=O) groups is 3. The number of anilines is 1. The fraction of sp³-hybridized carbons (Fsp3) is 0.259. The summed E-state index contributed by atoms with van der Waals surface area (Å²) in [6.07, 6.45) is 7.90. The van der Waals surface area contributed by atoms with E-state index in [-0.39, 0.29) is 17.2 Å². The number of esters is 1. The number of aromatic nitrogens is 1. The van der Waals surface area contributed by atoms with Crippen LogP contribution >= 0.6 is 10.0 Å². The number of hydrogen-bond donors (Lipinski definition) is 1. The summed E-state index contributed by atoms with van der Waals surface area (Å²) in [5, 5.41) is 2.94. The largest absolute Gasteiger partial charge is 0.497 e. The van der Waals surface area contributed by atoms with Crippen molar-refractivity contribution in [3.8, 4) is 5.75 Å². The van der Waals surface area contributed by atoms with Crippen molar-refractivity contribution in [2.45, 2.75) is 10.9 Å². The van der Waals surface area contributed by atoms with Gasteiger partial charge in [0, 0.05) is 18.9 Å². The van der Waals surface area contributed by atoms with E-state index in [2.05, 4.69) is 33.8 Å². The van der Waals surface area contributed by atoms with Crippen molar-refractivity contribution in [3.63, 3.8) is 0 Å². The van der Waals surface area contributed by atoms with Gasteiger partial charge in [0.2, 0.25) is 0 Å². The van der Waals surface area contributed by atoms with E-state index in [1.807, 2.05) is 24.3 Å². The van der Waals surface area contributed by atoms with Gasteiger partial charge in [-0.2, -0.15) is 0 Å². The van der Waals surface area contributed by atoms with Gasteiger partial charge in [-0.1, -0.05) is 12.1 Å². The summed E-state index contributed by atoms with van der Waals surface area (Å²) in [6.45, 7) is 0. The molecule has 0 aliphatic rings. The van der Waals surface area contributed by atoms with Crippen LogP contribution in [0.4, 0.5) is 5.69 Å². The third kappa shape index (κ3) is 6.23. The molecule has 2 aromatic carbocycles. The molecule has 0 radical (unpaired) electrons. The highest BCUT2D eigenvalue weighted by Gasteiger charge is 2.30. The molecule has 0 aliphatic heterocycles. The van der Waals surface area contributed by atoms with Crippen molar-refractivity contribution >= 4 is 33.5 Å². The van der Waals surface area contributed by atoms with E-state index in [1.54, 1.807) is 38.4 Å². The van der Waals surface area contributed by atoms with Crippen LogP contribution in [0.1, 0.15) is 32.5 Å². The fourth-order valence-corrected chi connectivity index (χ4v) is 4.51. The second-order valence-electron chi connectivity index (χ2n) is 8.87. The molecule has 3 rings (SSSR count). The highest BCUT2D eigenvalue weighted by Crippen LogP contribution is 2.45. The molecule has 1 unspecified atom stereocenters. The molecule has 190 valence electrons. The number of rotatable bonds is 8. The van der Waals surface area contributed by atoms with E-state index in [1.165, 1.54) is 35.2 Å². The quantitative estimate of drug-likeness (QED) is 0.453. The summed E-state index contributed by atoms with van der Waals surface area (Å²) in [4.78, 5) is 45.1. The molecular weight excluding hydrogens is 478 g/mol. The van der Waals surface area contributed by atoms with Crippen molar-refractivity contribution in [2.75, 3.05) is 45.4 Å². The van der Waals surface area contributed by atoms with Crippen molar-refractivity contribution < 1.29 is 23.9 Å². The summed E-state index contributed by atoms with van der Waals surface area (Å²) in [6, 6.07) is 16.7. The zero-order valence-corrected chi connectivity index (χ0v) is 22.1. The molecule has 0 aliphatic carbocycles. The number of nitrogens with one attached hydrogen (secondary N) is 1. The third-order valence-electron chi connectivity index (χ3n) is 5.62. The molecule has 1 N–H and O–H groups in total. The summed E-state index contributed by atoms with van der Waals surface area (Å²) >= 11 is 0. The van der Waals surface area contributed by atoms with Gasteiger partial charge >= 0.3 is 5.97 Å². The van der Waals surface area contributed by atoms with Gasteiger partial charge in [0.15, 0.2) is 0 Å². The van der Waals surface area contributed by atoms with Crippen LogP contribution in [0.5, 0.6) is 5.75 Å². The minimum absolute atomic E-state index is 0.0849. The lowest BCUT2D eigenvalue weighted by Crippen LogP contribution is -2.38. The maximum atomic E-state index is 13.5. The standard InChI is InChI=1S/C27H31N3O5S/c1-30(26(32)19-9-16-23(28-17-19)27(33)35-3)24(18-7-12-21(34-2)13-8-18)25(31)29-20-10-14-22(15-11-20)36(4,5)6/h7-17,24H,1-6H3,(H,29,31). The molecular formula is C27H31N3O5S. The Morgan fingerprint density at radius 3 is 2.06 bits per heavy atom. The average molecular weight is 510 g/mol. The average Bonchev–Trinajstić information content (AvgIpc) is 2.88.